The van der Waals surface area contributed by atoms with Crippen molar-refractivity contribution < 1.29 is 9.53 Å². The molecule has 2 aromatic heterocycles. The number of nitrogens with one attached hydrogen (secondary N) is 1. The van der Waals surface area contributed by atoms with E-state index in [0.29, 0.717) is 35.0 Å². The number of nitrogens with zero attached hydrogens (tertiary/aromatic N) is 5. The third kappa shape index (κ3) is 5.44. The molecule has 1 amide bonds. The molecule has 5 aromatic rings. The van der Waals surface area contributed by atoms with E-state index in [9.17, 15) is 14.9 Å². The topological polar surface area (TPSA) is 107 Å². The summed E-state index contributed by atoms with van der Waals surface area (Å²) in [6.45, 7) is 4.16. The Morgan fingerprint density at radius 1 is 1.02 bits per heavy atom. The van der Waals surface area contributed by atoms with Crippen LogP contribution in [0.5, 0.6) is 5.75 Å². The van der Waals surface area contributed by atoms with E-state index in [1.165, 1.54) is 10.8 Å². The number of carbonyl (C=O) groups is 1. The van der Waals surface area contributed by atoms with Gasteiger partial charge >= 0.3 is 0 Å². The standard InChI is InChI=1S/C32H28N6O3/c1-4-41-28-17-11-12-23(19-28)30-25(21-37(35-30)26-13-7-5-8-14-26)18-24(20-33)31(39)34-29-22(2)36(3)38(32(29)40)27-15-9-6-10-16-27/h5-19,21H,4H2,1-3H3,(H,34,39). The first-order chi connectivity index (χ1) is 19.9. The molecule has 9 nitrogen and oxygen atoms in total. The van der Waals surface area contributed by atoms with Gasteiger partial charge in [-0.25, -0.2) is 9.36 Å². The Balaban J connectivity index is 1.55. The number of hydrogen-bond donors (Lipinski definition) is 1. The Hall–Kier alpha value is -5.62. The number of ether oxygens (including phenoxy) is 1. The highest BCUT2D eigenvalue weighted by Gasteiger charge is 2.21. The van der Waals surface area contributed by atoms with Gasteiger partial charge in [0.05, 0.1) is 23.7 Å². The smallest absolute Gasteiger partial charge is 0.295 e. The molecule has 3 aromatic carbocycles. The maximum atomic E-state index is 13.4. The van der Waals surface area contributed by atoms with Crippen molar-refractivity contribution >= 4 is 17.7 Å². The van der Waals surface area contributed by atoms with E-state index < -0.39 is 11.5 Å². The second kappa shape index (κ2) is 11.6. The molecule has 0 unspecified atom stereocenters. The first kappa shape index (κ1) is 27.0. The molecule has 9 heteroatoms. The maximum absolute atomic E-state index is 13.4. The number of rotatable bonds is 8. The second-order valence-corrected chi connectivity index (χ2v) is 9.23. The lowest BCUT2D eigenvalue weighted by Crippen LogP contribution is -2.23. The normalized spacial score (nSPS) is 11.2. The zero-order valence-electron chi connectivity index (χ0n) is 22.9. The van der Waals surface area contributed by atoms with E-state index in [1.54, 1.807) is 41.7 Å². The van der Waals surface area contributed by atoms with Gasteiger partial charge in [-0.15, -0.1) is 0 Å². The molecular formula is C32H28N6O3. The van der Waals surface area contributed by atoms with Crippen molar-refractivity contribution in [1.29, 1.82) is 5.26 Å². The zero-order chi connectivity index (χ0) is 28.9. The van der Waals surface area contributed by atoms with Crippen molar-refractivity contribution in [3.63, 3.8) is 0 Å². The number of nitriles is 1. The average molecular weight is 545 g/mol. The average Bonchev–Trinajstić information content (AvgIpc) is 3.51. The number of anilines is 1. The Bertz CT molecular complexity index is 1840. The van der Waals surface area contributed by atoms with Crippen LogP contribution in [0.1, 0.15) is 18.2 Å². The van der Waals surface area contributed by atoms with Gasteiger partial charge in [0.1, 0.15) is 28.8 Å². The highest BCUT2D eigenvalue weighted by molar-refractivity contribution is 6.10. The van der Waals surface area contributed by atoms with Gasteiger partial charge in [-0.3, -0.25) is 14.3 Å². The van der Waals surface area contributed by atoms with E-state index in [0.717, 1.165) is 11.3 Å². The summed E-state index contributed by atoms with van der Waals surface area (Å²) >= 11 is 0. The molecule has 1 N–H and O–H groups in total. The Morgan fingerprint density at radius 2 is 1.71 bits per heavy atom. The fraction of sp³-hybridized carbons (Fsp3) is 0.125. The van der Waals surface area contributed by atoms with Crippen LogP contribution in [0.4, 0.5) is 5.69 Å². The van der Waals surface area contributed by atoms with Crippen LogP contribution in [-0.4, -0.2) is 31.7 Å². The van der Waals surface area contributed by atoms with Crippen molar-refractivity contribution in [3.05, 3.63) is 118 Å². The summed E-state index contributed by atoms with van der Waals surface area (Å²) in [4.78, 5) is 26.7. The fourth-order valence-electron chi connectivity index (χ4n) is 4.53. The minimum atomic E-state index is -0.694. The third-order valence-electron chi connectivity index (χ3n) is 6.64. The number of carbonyl (C=O) groups excluding carboxylic acids is 1. The van der Waals surface area contributed by atoms with Gasteiger partial charge in [0.25, 0.3) is 11.5 Å². The van der Waals surface area contributed by atoms with Gasteiger partial charge in [0.15, 0.2) is 0 Å². The number of amides is 1. The summed E-state index contributed by atoms with van der Waals surface area (Å²) in [6, 6.07) is 28.1. The summed E-state index contributed by atoms with van der Waals surface area (Å²) in [6.07, 6.45) is 3.25. The molecule has 5 rings (SSSR count). The van der Waals surface area contributed by atoms with Crippen LogP contribution < -0.4 is 15.6 Å². The summed E-state index contributed by atoms with van der Waals surface area (Å²) in [7, 11) is 1.74. The van der Waals surface area contributed by atoms with Crippen molar-refractivity contribution in [2.45, 2.75) is 13.8 Å². The molecule has 0 saturated heterocycles. The number of aromatic nitrogens is 4. The lowest BCUT2D eigenvalue weighted by molar-refractivity contribution is -0.112. The van der Waals surface area contributed by atoms with E-state index in [1.807, 2.05) is 85.8 Å². The number of hydrogen-bond acceptors (Lipinski definition) is 5. The van der Waals surface area contributed by atoms with Gasteiger partial charge in [-0.1, -0.05) is 48.5 Å². The predicted octanol–water partition coefficient (Wildman–Crippen LogP) is 5.28. The van der Waals surface area contributed by atoms with Gasteiger partial charge in [-0.05, 0) is 56.3 Å². The first-order valence-electron chi connectivity index (χ1n) is 13.1. The quantitative estimate of drug-likeness (QED) is 0.211. The number of para-hydroxylation sites is 2. The summed E-state index contributed by atoms with van der Waals surface area (Å²) in [5, 5.41) is 17.4. The third-order valence-corrected chi connectivity index (χ3v) is 6.64. The van der Waals surface area contributed by atoms with E-state index in [-0.39, 0.29) is 11.3 Å². The molecule has 204 valence electrons. The van der Waals surface area contributed by atoms with Crippen molar-refractivity contribution in [3.8, 4) is 34.5 Å². The lowest BCUT2D eigenvalue weighted by atomic mass is 10.1. The van der Waals surface area contributed by atoms with Crippen molar-refractivity contribution in [2.24, 2.45) is 7.05 Å². The molecule has 0 bridgehead atoms. The van der Waals surface area contributed by atoms with Crippen LogP contribution in [0.25, 0.3) is 28.7 Å². The molecule has 0 radical (unpaired) electrons. The SMILES string of the molecule is CCOc1cccc(-c2nn(-c3ccccc3)cc2C=C(C#N)C(=O)Nc2c(C)n(C)n(-c3ccccc3)c2=O)c1. The van der Waals surface area contributed by atoms with E-state index in [2.05, 4.69) is 5.32 Å². The maximum Gasteiger partial charge on any atom is 0.295 e. The van der Waals surface area contributed by atoms with Crippen LogP contribution in [0.15, 0.2) is 101 Å². The predicted molar refractivity (Wildman–Crippen MR) is 158 cm³/mol. The Morgan fingerprint density at radius 3 is 2.37 bits per heavy atom. The van der Waals surface area contributed by atoms with E-state index in [4.69, 9.17) is 9.84 Å². The van der Waals surface area contributed by atoms with Crippen LogP contribution in [0, 0.1) is 18.3 Å². The molecule has 2 heterocycles. The van der Waals surface area contributed by atoms with Gasteiger partial charge in [-0.2, -0.15) is 10.4 Å². The van der Waals surface area contributed by atoms with Crippen LogP contribution in [-0.2, 0) is 11.8 Å². The van der Waals surface area contributed by atoms with Crippen LogP contribution in [0.2, 0.25) is 0 Å². The zero-order valence-corrected chi connectivity index (χ0v) is 22.9. The molecule has 0 aliphatic heterocycles. The van der Waals surface area contributed by atoms with Gasteiger partial charge < -0.3 is 10.1 Å². The van der Waals surface area contributed by atoms with Crippen molar-refractivity contribution in [2.75, 3.05) is 11.9 Å². The van der Waals surface area contributed by atoms with Crippen molar-refractivity contribution in [1.82, 2.24) is 19.1 Å². The van der Waals surface area contributed by atoms with Crippen LogP contribution in [0.3, 0.4) is 0 Å². The molecule has 0 atom stereocenters. The Kier molecular flexibility index (Phi) is 7.65. The minimum absolute atomic E-state index is 0.104. The lowest BCUT2D eigenvalue weighted by Gasteiger charge is -2.07. The molecule has 41 heavy (non-hydrogen) atoms. The van der Waals surface area contributed by atoms with Gasteiger partial charge in [0, 0.05) is 24.4 Å². The molecule has 0 fully saturated rings. The first-order valence-corrected chi connectivity index (χ1v) is 13.1. The summed E-state index contributed by atoms with van der Waals surface area (Å²) < 4.78 is 10.5. The molecular weight excluding hydrogens is 516 g/mol. The van der Waals surface area contributed by atoms with Gasteiger partial charge in [0.2, 0.25) is 0 Å². The fourth-order valence-corrected chi connectivity index (χ4v) is 4.53. The molecule has 0 saturated carbocycles. The minimum Gasteiger partial charge on any atom is -0.494 e. The molecule has 0 spiro atoms. The largest absolute Gasteiger partial charge is 0.494 e. The van der Waals surface area contributed by atoms with E-state index >= 15 is 0 Å². The molecule has 0 aliphatic rings. The summed E-state index contributed by atoms with van der Waals surface area (Å²) in [5.74, 6) is -0.0123. The monoisotopic (exact) mass is 544 g/mol. The molecule has 0 aliphatic carbocycles. The van der Waals surface area contributed by atoms with Crippen LogP contribution >= 0.6 is 0 Å². The Labute approximate surface area is 237 Å². The number of benzene rings is 3. The second-order valence-electron chi connectivity index (χ2n) is 9.23. The summed E-state index contributed by atoms with van der Waals surface area (Å²) in [5.41, 5.74) is 3.45. The highest BCUT2D eigenvalue weighted by Crippen LogP contribution is 2.29. The highest BCUT2D eigenvalue weighted by atomic mass is 16.5.